The third-order valence-electron chi connectivity index (χ3n) is 8.38. The molecule has 0 bridgehead atoms. The van der Waals surface area contributed by atoms with Crippen LogP contribution in [-0.2, 0) is 18.7 Å². The first-order valence-corrected chi connectivity index (χ1v) is 19.5. The number of fused-ring (bicyclic) bond motifs is 2. The fourth-order valence-corrected chi connectivity index (χ4v) is 7.77. The second kappa shape index (κ2) is 17.0. The van der Waals surface area contributed by atoms with Crippen LogP contribution in [0.1, 0.15) is 52.8 Å². The van der Waals surface area contributed by atoms with E-state index in [9.17, 15) is 68.0 Å². The van der Waals surface area contributed by atoms with Gasteiger partial charge >= 0.3 is 21.2 Å². The van der Waals surface area contributed by atoms with Gasteiger partial charge in [-0.3, -0.25) is 28.3 Å². The number of carboxylic acids is 1. The highest BCUT2D eigenvalue weighted by molar-refractivity contribution is 7.72. The van der Waals surface area contributed by atoms with E-state index in [0.29, 0.717) is 16.5 Å². The second-order valence-electron chi connectivity index (χ2n) is 12.2. The quantitative estimate of drug-likeness (QED) is 0.0407. The highest BCUT2D eigenvalue weighted by Gasteiger charge is 2.58. The second-order valence-corrected chi connectivity index (χ2v) is 16.2. The third-order valence-corrected chi connectivity index (χ3v) is 12.3. The average molecular weight is 793 g/mol. The van der Waals surface area contributed by atoms with Crippen LogP contribution in [0.4, 0.5) is 0 Å². The summed E-state index contributed by atoms with van der Waals surface area (Å²) < 4.78 is 29.0. The molecule has 0 unspecified atom stereocenters. The number of amides is 3. The normalized spacial score (nSPS) is 12.7. The van der Waals surface area contributed by atoms with Crippen LogP contribution < -0.4 is 27.1 Å². The van der Waals surface area contributed by atoms with Gasteiger partial charge in [-0.2, -0.15) is 0 Å². The molecule has 0 saturated carbocycles. The molecule has 21 heteroatoms. The Morgan fingerprint density at radius 1 is 0.870 bits per heavy atom. The average Bonchev–Trinajstić information content (AvgIpc) is 3.08. The number of benzene rings is 3. The maximum atomic E-state index is 13.3. The molecule has 2 aliphatic rings. The molecule has 12 N–H and O–H groups in total. The van der Waals surface area contributed by atoms with Gasteiger partial charge in [-0.25, -0.2) is 4.79 Å². The highest BCUT2D eigenvalue weighted by Crippen LogP contribution is 2.68. The number of carbonyl (C=O) groups is 4. The Bertz CT molecular complexity index is 2170. The van der Waals surface area contributed by atoms with Gasteiger partial charge in [0.1, 0.15) is 23.1 Å². The molecule has 54 heavy (non-hydrogen) atoms. The zero-order valence-electron chi connectivity index (χ0n) is 28.3. The molecule has 0 spiro atoms. The summed E-state index contributed by atoms with van der Waals surface area (Å²) in [5.74, 6) is -3.39. The first kappa shape index (κ1) is 41.8. The number of phenolic OH excluding ortho intramolecular Hbond substituents is 1. The van der Waals surface area contributed by atoms with Crippen LogP contribution in [0.25, 0.3) is 33.4 Å². The van der Waals surface area contributed by atoms with Gasteiger partial charge in [0.05, 0.1) is 5.56 Å². The predicted molar refractivity (Wildman–Crippen MR) is 192 cm³/mol. The number of aromatic hydroxyl groups is 1. The smallest absolute Gasteiger partial charge is 0.369 e. The minimum atomic E-state index is -5.75. The number of nitrogens with two attached hydrogens (primary N) is 1. The summed E-state index contributed by atoms with van der Waals surface area (Å²) in [7, 11) is -11.5. The summed E-state index contributed by atoms with van der Waals surface area (Å²) in [5, 5.41) is 34.2. The molecule has 0 radical (unpaired) electrons. The Morgan fingerprint density at radius 2 is 1.57 bits per heavy atom. The lowest BCUT2D eigenvalue weighted by molar-refractivity contribution is -0.129. The van der Waals surface area contributed by atoms with E-state index in [4.69, 9.17) is 10.2 Å². The number of carboxylic acid groups (broad SMARTS) is 1. The zero-order chi connectivity index (χ0) is 40.0. The molecule has 4 rings (SSSR count). The Labute approximate surface area is 305 Å². The highest BCUT2D eigenvalue weighted by atomic mass is 31.2. The fourth-order valence-electron chi connectivity index (χ4n) is 5.61. The summed E-state index contributed by atoms with van der Waals surface area (Å²) in [6, 6.07) is 10.9. The van der Waals surface area contributed by atoms with Crippen LogP contribution >= 0.6 is 15.2 Å². The number of aromatic carboxylic acids is 1. The SMILES string of the molecule is NCCC(=O)N[C@@H](CCCCNC(=O)c1ccc(C(=O)O)c(-c2c3ccc(=O)cc-3oc3cc(O)ccc23)c1)C(=O)NCCC(O)(P(=O)(O)O)P(=O)(O)O. The summed E-state index contributed by atoms with van der Waals surface area (Å²) >= 11 is 0. The minimum absolute atomic E-state index is 0.0173. The van der Waals surface area contributed by atoms with E-state index in [1.165, 1.54) is 54.6 Å². The van der Waals surface area contributed by atoms with Gasteiger partial charge in [0.15, 0.2) is 5.43 Å². The van der Waals surface area contributed by atoms with E-state index in [1.807, 2.05) is 0 Å². The molecule has 19 nitrogen and oxygen atoms in total. The van der Waals surface area contributed by atoms with E-state index >= 15 is 0 Å². The maximum absolute atomic E-state index is 13.3. The number of rotatable bonds is 17. The molecule has 2 aromatic carbocycles. The largest absolute Gasteiger partial charge is 0.508 e. The van der Waals surface area contributed by atoms with E-state index in [-0.39, 0.29) is 78.0 Å². The van der Waals surface area contributed by atoms with Crippen molar-refractivity contribution >= 4 is 49.9 Å². The van der Waals surface area contributed by atoms with E-state index < -0.39 is 63.0 Å². The number of unbranched alkanes of at least 4 members (excludes halogenated alkanes) is 1. The van der Waals surface area contributed by atoms with Crippen LogP contribution in [0, 0.1) is 0 Å². The summed E-state index contributed by atoms with van der Waals surface area (Å²) in [4.78, 5) is 100. The van der Waals surface area contributed by atoms with Crippen LogP contribution in [0.5, 0.6) is 5.75 Å². The Kier molecular flexibility index (Phi) is 13.2. The number of nitrogens with one attached hydrogen (secondary N) is 3. The lowest BCUT2D eigenvalue weighted by Crippen LogP contribution is -2.48. The van der Waals surface area contributed by atoms with Crippen molar-refractivity contribution in [1.82, 2.24) is 16.0 Å². The number of hydrogen-bond donors (Lipinski definition) is 11. The van der Waals surface area contributed by atoms with Crippen LogP contribution in [0.15, 0.2) is 63.8 Å². The van der Waals surface area contributed by atoms with Gasteiger partial charge in [0.2, 0.25) is 11.8 Å². The molecule has 0 saturated heterocycles. The lowest BCUT2D eigenvalue weighted by atomic mass is 9.89. The predicted octanol–water partition coefficient (Wildman–Crippen LogP) is 1.21. The van der Waals surface area contributed by atoms with Gasteiger partial charge in [0, 0.05) is 66.7 Å². The molecule has 1 atom stereocenters. The number of hydrogen-bond acceptors (Lipinski definition) is 11. The first-order valence-electron chi connectivity index (χ1n) is 16.2. The standard InChI is InChI=1S/C33H38N4O15P2/c34-12-10-28(40)37-25(31(42)36-14-11-33(45,53(46,47)48)54(49,50)51)3-1-2-13-35-30(41)18-4-7-21(32(43)44)24(15-18)29-22-8-5-19(38)16-26(22)52-27-17-20(39)6-9-23(27)29/h4-9,15-17,25,38,45H,1-3,10-14,34H2,(H,35,41)(H,36,42)(H,37,40)(H,43,44)(H2,46,47,48)(H2,49,50,51)/t25-/m0/s1. The van der Waals surface area contributed by atoms with Crippen LogP contribution in [0.3, 0.4) is 0 Å². The Hall–Kier alpha value is -4.97. The van der Waals surface area contributed by atoms with Crippen molar-refractivity contribution in [3.63, 3.8) is 0 Å². The third kappa shape index (κ3) is 9.57. The van der Waals surface area contributed by atoms with Crippen molar-refractivity contribution in [2.24, 2.45) is 5.73 Å². The van der Waals surface area contributed by atoms with Crippen molar-refractivity contribution in [3.8, 4) is 28.2 Å². The van der Waals surface area contributed by atoms with Crippen molar-refractivity contribution in [2.75, 3.05) is 19.6 Å². The van der Waals surface area contributed by atoms with Crippen molar-refractivity contribution in [1.29, 1.82) is 0 Å². The van der Waals surface area contributed by atoms with E-state index in [2.05, 4.69) is 16.0 Å². The van der Waals surface area contributed by atoms with Crippen molar-refractivity contribution in [2.45, 2.75) is 43.2 Å². The minimum Gasteiger partial charge on any atom is -0.508 e. The summed E-state index contributed by atoms with van der Waals surface area (Å²) in [5.41, 5.74) is 5.95. The molecular formula is C33H38N4O15P2. The molecular weight excluding hydrogens is 754 g/mol. The van der Waals surface area contributed by atoms with E-state index in [1.54, 1.807) is 0 Å². The molecule has 3 amide bonds. The summed E-state index contributed by atoms with van der Waals surface area (Å²) in [6.45, 7) is -0.770. The van der Waals surface area contributed by atoms with Gasteiger partial charge in [-0.05, 0) is 67.3 Å². The lowest BCUT2D eigenvalue weighted by Gasteiger charge is -2.29. The fraction of sp³-hybridized carbons (Fsp3) is 0.303. The van der Waals surface area contributed by atoms with Gasteiger partial charge in [-0.15, -0.1) is 0 Å². The van der Waals surface area contributed by atoms with Crippen LogP contribution in [-0.4, -0.2) is 89.3 Å². The Morgan fingerprint density at radius 3 is 2.22 bits per heavy atom. The number of aliphatic hydroxyl groups is 1. The topological polar surface area (TPSA) is 336 Å². The molecule has 2 aromatic rings. The van der Waals surface area contributed by atoms with E-state index in [0.717, 1.165) is 0 Å². The first-order chi connectivity index (χ1) is 25.3. The molecule has 0 fully saturated rings. The van der Waals surface area contributed by atoms with Gasteiger partial charge in [-0.1, -0.05) is 0 Å². The zero-order valence-corrected chi connectivity index (χ0v) is 30.1. The maximum Gasteiger partial charge on any atom is 0.369 e. The summed E-state index contributed by atoms with van der Waals surface area (Å²) in [6.07, 6.45) is -0.899. The molecule has 290 valence electrons. The molecule has 1 heterocycles. The Balaban J connectivity index is 1.47. The molecule has 1 aliphatic carbocycles. The number of phenols is 1. The molecule has 1 aliphatic heterocycles. The van der Waals surface area contributed by atoms with Crippen molar-refractivity contribution in [3.05, 3.63) is 75.9 Å². The van der Waals surface area contributed by atoms with Gasteiger partial charge < -0.3 is 61.0 Å². The monoisotopic (exact) mass is 792 g/mol. The van der Waals surface area contributed by atoms with Gasteiger partial charge in [0.25, 0.3) is 11.0 Å². The molecule has 0 aromatic heterocycles. The van der Waals surface area contributed by atoms with Crippen molar-refractivity contribution < 1.29 is 67.6 Å². The van der Waals surface area contributed by atoms with Crippen LogP contribution in [0.2, 0.25) is 0 Å². The number of carbonyl (C=O) groups excluding carboxylic acids is 3.